The first-order chi connectivity index (χ1) is 11.1. The van der Waals surface area contributed by atoms with Gasteiger partial charge in [-0.05, 0) is 67.5 Å². The van der Waals surface area contributed by atoms with Crippen molar-refractivity contribution in [3.63, 3.8) is 0 Å². The summed E-state index contributed by atoms with van der Waals surface area (Å²) in [5.41, 5.74) is 9.34. The molecule has 23 heavy (non-hydrogen) atoms. The van der Waals surface area contributed by atoms with Crippen LogP contribution in [0.4, 0.5) is 0 Å². The largest absolute Gasteiger partial charge is 0.348 e. The maximum atomic E-state index is 4.24. The van der Waals surface area contributed by atoms with Crippen LogP contribution in [0, 0.1) is 27.7 Å². The highest BCUT2D eigenvalue weighted by atomic mass is 14.9. The lowest BCUT2D eigenvalue weighted by Crippen LogP contribution is -2.08. The summed E-state index contributed by atoms with van der Waals surface area (Å²) in [5, 5.41) is 0. The minimum atomic E-state index is 0.305. The second kappa shape index (κ2) is 6.41. The Kier molecular flexibility index (Phi) is 4.33. The molecule has 0 aliphatic carbocycles. The van der Waals surface area contributed by atoms with E-state index < -0.39 is 0 Å². The van der Waals surface area contributed by atoms with Crippen molar-refractivity contribution in [2.24, 2.45) is 0 Å². The second-order valence-electron chi connectivity index (χ2n) is 6.47. The third-order valence-corrected chi connectivity index (χ3v) is 4.93. The zero-order valence-electron chi connectivity index (χ0n) is 14.4. The van der Waals surface area contributed by atoms with Crippen LogP contribution in [0.1, 0.15) is 45.0 Å². The Morgan fingerprint density at radius 2 is 1.78 bits per heavy atom. The molecule has 1 atom stereocenters. The maximum absolute atomic E-state index is 4.24. The van der Waals surface area contributed by atoms with Crippen molar-refractivity contribution in [3.05, 3.63) is 88.0 Å². The standard InChI is InChI=1S/C21H24N2/c1-14-8-9-18(10-16(14)3)11-20(21-12-22-13-23-21)19-7-5-6-15(2)17(19)4/h5-10,12-13,20H,11H2,1-4H3,(H,22,23). The van der Waals surface area contributed by atoms with Gasteiger partial charge in [-0.25, -0.2) is 4.98 Å². The van der Waals surface area contributed by atoms with E-state index in [0.29, 0.717) is 5.92 Å². The molecular weight excluding hydrogens is 280 g/mol. The molecule has 1 unspecified atom stereocenters. The summed E-state index contributed by atoms with van der Waals surface area (Å²) < 4.78 is 0. The van der Waals surface area contributed by atoms with Gasteiger partial charge in [-0.2, -0.15) is 0 Å². The Morgan fingerprint density at radius 3 is 2.48 bits per heavy atom. The Morgan fingerprint density at radius 1 is 0.957 bits per heavy atom. The minimum Gasteiger partial charge on any atom is -0.348 e. The Bertz CT molecular complexity index is 801. The molecule has 0 amide bonds. The topological polar surface area (TPSA) is 28.7 Å². The first-order valence-electron chi connectivity index (χ1n) is 8.16. The molecule has 1 aromatic heterocycles. The number of nitrogens with zero attached hydrogens (tertiary/aromatic N) is 1. The molecule has 0 bridgehead atoms. The normalized spacial score (nSPS) is 12.3. The fraction of sp³-hybridized carbons (Fsp3) is 0.286. The molecule has 0 spiro atoms. The molecule has 0 aliphatic heterocycles. The smallest absolute Gasteiger partial charge is 0.0921 e. The van der Waals surface area contributed by atoms with Crippen molar-refractivity contribution >= 4 is 0 Å². The van der Waals surface area contributed by atoms with Gasteiger partial charge in [-0.1, -0.05) is 36.4 Å². The first-order valence-corrected chi connectivity index (χ1v) is 8.16. The second-order valence-corrected chi connectivity index (χ2v) is 6.47. The number of nitrogens with one attached hydrogen (secondary N) is 1. The first kappa shape index (κ1) is 15.5. The summed E-state index contributed by atoms with van der Waals surface area (Å²) in [6, 6.07) is 13.4. The number of hydrogen-bond acceptors (Lipinski definition) is 1. The summed E-state index contributed by atoms with van der Waals surface area (Å²) in [6.07, 6.45) is 4.70. The van der Waals surface area contributed by atoms with E-state index in [-0.39, 0.29) is 0 Å². The van der Waals surface area contributed by atoms with Crippen LogP contribution < -0.4 is 0 Å². The average molecular weight is 304 g/mol. The highest BCUT2D eigenvalue weighted by molar-refractivity contribution is 5.41. The summed E-state index contributed by atoms with van der Waals surface area (Å²) >= 11 is 0. The molecule has 1 heterocycles. The number of aromatic nitrogens is 2. The number of benzene rings is 2. The van der Waals surface area contributed by atoms with E-state index in [0.717, 1.165) is 6.42 Å². The number of imidazole rings is 1. The van der Waals surface area contributed by atoms with Crippen molar-refractivity contribution < 1.29 is 0 Å². The Hall–Kier alpha value is -2.35. The molecule has 2 nitrogen and oxygen atoms in total. The lowest BCUT2D eigenvalue weighted by molar-refractivity contribution is 0.772. The molecule has 2 aromatic carbocycles. The van der Waals surface area contributed by atoms with Crippen molar-refractivity contribution in [1.29, 1.82) is 0 Å². The van der Waals surface area contributed by atoms with Crippen LogP contribution in [0.25, 0.3) is 0 Å². The highest BCUT2D eigenvalue weighted by Crippen LogP contribution is 2.31. The Labute approximate surface area is 138 Å². The van der Waals surface area contributed by atoms with Crippen LogP contribution >= 0.6 is 0 Å². The molecule has 118 valence electrons. The van der Waals surface area contributed by atoms with Crippen LogP contribution in [-0.4, -0.2) is 9.97 Å². The van der Waals surface area contributed by atoms with E-state index in [4.69, 9.17) is 0 Å². The molecule has 3 aromatic rings. The van der Waals surface area contributed by atoms with Gasteiger partial charge in [-0.3, -0.25) is 0 Å². The predicted octanol–water partition coefficient (Wildman–Crippen LogP) is 5.02. The predicted molar refractivity (Wildman–Crippen MR) is 96.0 cm³/mol. The van der Waals surface area contributed by atoms with Crippen LogP contribution in [0.3, 0.4) is 0 Å². The lowest BCUT2D eigenvalue weighted by atomic mass is 9.85. The maximum Gasteiger partial charge on any atom is 0.0921 e. The molecule has 0 radical (unpaired) electrons. The summed E-state index contributed by atoms with van der Waals surface area (Å²) in [6.45, 7) is 8.74. The zero-order valence-corrected chi connectivity index (χ0v) is 14.4. The summed E-state index contributed by atoms with van der Waals surface area (Å²) in [7, 11) is 0. The van der Waals surface area contributed by atoms with Crippen LogP contribution in [0.5, 0.6) is 0 Å². The SMILES string of the molecule is Cc1ccc(CC(c2cnc[nH]2)c2cccc(C)c2C)cc1C. The monoisotopic (exact) mass is 304 g/mol. The van der Waals surface area contributed by atoms with Gasteiger partial charge in [0.25, 0.3) is 0 Å². The number of H-pyrrole nitrogens is 1. The summed E-state index contributed by atoms with van der Waals surface area (Å²) in [4.78, 5) is 7.56. The van der Waals surface area contributed by atoms with Crippen LogP contribution in [0.2, 0.25) is 0 Å². The van der Waals surface area contributed by atoms with E-state index in [1.165, 1.54) is 39.1 Å². The van der Waals surface area contributed by atoms with Gasteiger partial charge in [0, 0.05) is 17.8 Å². The molecule has 3 rings (SSSR count). The molecule has 0 fully saturated rings. The van der Waals surface area contributed by atoms with Gasteiger partial charge in [0.1, 0.15) is 0 Å². The molecule has 0 saturated heterocycles. The minimum absolute atomic E-state index is 0.305. The quantitative estimate of drug-likeness (QED) is 0.720. The van der Waals surface area contributed by atoms with Gasteiger partial charge in [0.15, 0.2) is 0 Å². The Balaban J connectivity index is 2.03. The van der Waals surface area contributed by atoms with E-state index in [1.54, 1.807) is 6.33 Å². The number of aromatic amines is 1. The number of aryl methyl sites for hydroxylation is 3. The summed E-state index contributed by atoms with van der Waals surface area (Å²) in [5.74, 6) is 0.305. The fourth-order valence-electron chi connectivity index (χ4n) is 3.16. The molecule has 0 aliphatic rings. The van der Waals surface area contributed by atoms with Crippen LogP contribution in [-0.2, 0) is 6.42 Å². The average Bonchev–Trinajstić information content (AvgIpc) is 3.06. The van der Waals surface area contributed by atoms with Gasteiger partial charge >= 0.3 is 0 Å². The van der Waals surface area contributed by atoms with Crippen LogP contribution in [0.15, 0.2) is 48.9 Å². The van der Waals surface area contributed by atoms with Gasteiger partial charge in [-0.15, -0.1) is 0 Å². The molecule has 0 saturated carbocycles. The van der Waals surface area contributed by atoms with E-state index >= 15 is 0 Å². The lowest BCUT2D eigenvalue weighted by Gasteiger charge is -2.20. The van der Waals surface area contributed by atoms with Crippen molar-refractivity contribution in [1.82, 2.24) is 9.97 Å². The molecule has 1 N–H and O–H groups in total. The van der Waals surface area contributed by atoms with E-state index in [2.05, 4.69) is 74.1 Å². The van der Waals surface area contributed by atoms with E-state index in [9.17, 15) is 0 Å². The number of hydrogen-bond donors (Lipinski definition) is 1. The van der Waals surface area contributed by atoms with Gasteiger partial charge in [0.2, 0.25) is 0 Å². The van der Waals surface area contributed by atoms with Crippen molar-refractivity contribution in [2.75, 3.05) is 0 Å². The zero-order chi connectivity index (χ0) is 16.4. The third-order valence-electron chi connectivity index (χ3n) is 4.93. The molecular formula is C21H24N2. The van der Waals surface area contributed by atoms with E-state index in [1.807, 2.05) is 6.20 Å². The third kappa shape index (κ3) is 3.21. The van der Waals surface area contributed by atoms with Gasteiger partial charge in [0.05, 0.1) is 6.33 Å². The molecule has 2 heteroatoms. The van der Waals surface area contributed by atoms with Crippen molar-refractivity contribution in [3.8, 4) is 0 Å². The highest BCUT2D eigenvalue weighted by Gasteiger charge is 2.19. The fourth-order valence-corrected chi connectivity index (χ4v) is 3.16. The van der Waals surface area contributed by atoms with Gasteiger partial charge < -0.3 is 4.98 Å². The number of rotatable bonds is 4. The van der Waals surface area contributed by atoms with Crippen molar-refractivity contribution in [2.45, 2.75) is 40.0 Å².